The van der Waals surface area contributed by atoms with Crippen molar-refractivity contribution >= 4 is 40.4 Å². The first-order chi connectivity index (χ1) is 12.7. The third-order valence-corrected chi connectivity index (χ3v) is 4.98. The first kappa shape index (κ1) is 17.0. The van der Waals surface area contributed by atoms with Gasteiger partial charge >= 0.3 is 0 Å². The normalized spacial score (nSPS) is 17.3. The number of rotatable bonds is 4. The number of hydrogen-bond donors (Lipinski definition) is 1. The number of nitrogens with zero attached hydrogens (tertiary/aromatic N) is 4. The Balaban J connectivity index is 1.58. The molecule has 1 N–H and O–H groups in total. The van der Waals surface area contributed by atoms with Gasteiger partial charge in [0.1, 0.15) is 0 Å². The predicted molar refractivity (Wildman–Crippen MR) is 103 cm³/mol. The average molecular weight is 370 g/mol. The quantitative estimate of drug-likeness (QED) is 0.867. The summed E-state index contributed by atoms with van der Waals surface area (Å²) < 4.78 is 0. The summed E-state index contributed by atoms with van der Waals surface area (Å²) >= 11 is 6.31. The number of anilines is 3. The third-order valence-electron chi connectivity index (χ3n) is 4.70. The van der Waals surface area contributed by atoms with Crippen LogP contribution in [-0.2, 0) is 4.79 Å². The van der Waals surface area contributed by atoms with Crippen molar-refractivity contribution in [2.24, 2.45) is 0 Å². The van der Waals surface area contributed by atoms with Gasteiger partial charge in [-0.15, -0.1) is 0 Å². The van der Waals surface area contributed by atoms with Crippen molar-refractivity contribution in [3.63, 3.8) is 0 Å². The van der Waals surface area contributed by atoms with E-state index in [9.17, 15) is 4.79 Å². The standard InChI is InChI=1S/C19H20ClN5O/c20-16-12-22-19(24-18(16)13-5-2-1-3-6-13)23-14-9-15(11-21-10-14)25-8-4-7-17(25)26/h5,9-12H,1-4,6-8H2,(H,22,23,24). The molecule has 26 heavy (non-hydrogen) atoms. The van der Waals surface area contributed by atoms with Gasteiger partial charge in [0.25, 0.3) is 0 Å². The maximum absolute atomic E-state index is 11.9. The van der Waals surface area contributed by atoms with Crippen LogP contribution in [0.1, 0.15) is 44.2 Å². The zero-order valence-corrected chi connectivity index (χ0v) is 15.2. The maximum Gasteiger partial charge on any atom is 0.227 e. The lowest BCUT2D eigenvalue weighted by molar-refractivity contribution is -0.117. The van der Waals surface area contributed by atoms with Gasteiger partial charge in [-0.05, 0) is 43.7 Å². The molecule has 134 valence electrons. The van der Waals surface area contributed by atoms with E-state index >= 15 is 0 Å². The van der Waals surface area contributed by atoms with Crippen molar-refractivity contribution in [3.8, 4) is 0 Å². The van der Waals surface area contributed by atoms with E-state index in [0.717, 1.165) is 49.3 Å². The first-order valence-corrected chi connectivity index (χ1v) is 9.33. The van der Waals surface area contributed by atoms with Crippen LogP contribution in [-0.4, -0.2) is 27.4 Å². The minimum absolute atomic E-state index is 0.137. The molecule has 0 unspecified atom stereocenters. The van der Waals surface area contributed by atoms with E-state index < -0.39 is 0 Å². The Morgan fingerprint density at radius 1 is 1.12 bits per heavy atom. The minimum atomic E-state index is 0.137. The molecule has 2 aromatic heterocycles. The summed E-state index contributed by atoms with van der Waals surface area (Å²) in [6.45, 7) is 0.736. The molecule has 2 aliphatic rings. The third kappa shape index (κ3) is 3.55. The number of aromatic nitrogens is 3. The molecule has 2 aromatic rings. The second-order valence-electron chi connectivity index (χ2n) is 6.57. The Labute approximate surface area is 157 Å². The SMILES string of the molecule is O=C1CCCN1c1cncc(Nc2ncc(Cl)c(C3=CCCCC3)n2)c1. The molecular formula is C19H20ClN5O. The van der Waals surface area contributed by atoms with Crippen molar-refractivity contribution in [1.82, 2.24) is 15.0 Å². The summed E-state index contributed by atoms with van der Waals surface area (Å²) in [4.78, 5) is 26.8. The Morgan fingerprint density at radius 3 is 2.81 bits per heavy atom. The summed E-state index contributed by atoms with van der Waals surface area (Å²) in [5.41, 5.74) is 3.51. The Bertz CT molecular complexity index is 867. The van der Waals surface area contributed by atoms with E-state index in [1.165, 1.54) is 12.0 Å². The average Bonchev–Trinajstić information content (AvgIpc) is 3.10. The zero-order chi connectivity index (χ0) is 17.9. The van der Waals surface area contributed by atoms with Gasteiger partial charge in [0, 0.05) is 13.0 Å². The van der Waals surface area contributed by atoms with Gasteiger partial charge in [0.15, 0.2) is 0 Å². The van der Waals surface area contributed by atoms with E-state index in [0.29, 0.717) is 17.4 Å². The van der Waals surface area contributed by atoms with Gasteiger partial charge in [0.05, 0.1) is 40.7 Å². The smallest absolute Gasteiger partial charge is 0.227 e. The fraction of sp³-hybridized carbons (Fsp3) is 0.368. The number of nitrogens with one attached hydrogen (secondary N) is 1. The summed E-state index contributed by atoms with van der Waals surface area (Å²) in [7, 11) is 0. The Kier molecular flexibility index (Phi) is 4.84. The Morgan fingerprint density at radius 2 is 2.04 bits per heavy atom. The van der Waals surface area contributed by atoms with Gasteiger partial charge in [-0.2, -0.15) is 0 Å². The molecule has 0 spiro atoms. The topological polar surface area (TPSA) is 71.0 Å². The lowest BCUT2D eigenvalue weighted by Crippen LogP contribution is -2.23. The highest BCUT2D eigenvalue weighted by Gasteiger charge is 2.22. The van der Waals surface area contributed by atoms with Crippen LogP contribution in [0.4, 0.5) is 17.3 Å². The molecular weight excluding hydrogens is 350 g/mol. The van der Waals surface area contributed by atoms with Gasteiger partial charge in [0.2, 0.25) is 11.9 Å². The first-order valence-electron chi connectivity index (χ1n) is 8.95. The molecule has 1 aliphatic carbocycles. The van der Waals surface area contributed by atoms with Crippen LogP contribution in [0.15, 0.2) is 30.7 Å². The monoisotopic (exact) mass is 369 g/mol. The van der Waals surface area contributed by atoms with Crippen molar-refractivity contribution in [2.45, 2.75) is 38.5 Å². The molecule has 1 fully saturated rings. The zero-order valence-electron chi connectivity index (χ0n) is 14.4. The van der Waals surface area contributed by atoms with Crippen LogP contribution in [0.5, 0.6) is 0 Å². The van der Waals surface area contributed by atoms with Crippen LogP contribution in [0, 0.1) is 0 Å². The predicted octanol–water partition coefficient (Wildman–Crippen LogP) is 4.35. The fourth-order valence-corrected chi connectivity index (χ4v) is 3.61. The largest absolute Gasteiger partial charge is 0.323 e. The van der Waals surface area contributed by atoms with E-state index in [4.69, 9.17) is 11.6 Å². The van der Waals surface area contributed by atoms with Gasteiger partial charge in [-0.1, -0.05) is 17.7 Å². The molecule has 1 aliphatic heterocycles. The van der Waals surface area contributed by atoms with Crippen molar-refractivity contribution in [1.29, 1.82) is 0 Å². The van der Waals surface area contributed by atoms with E-state index in [2.05, 4.69) is 26.3 Å². The lowest BCUT2D eigenvalue weighted by Gasteiger charge is -2.17. The summed E-state index contributed by atoms with van der Waals surface area (Å²) in [6.07, 6.45) is 13.1. The molecule has 4 rings (SSSR count). The molecule has 0 atom stereocenters. The van der Waals surface area contributed by atoms with E-state index in [-0.39, 0.29) is 5.91 Å². The highest BCUT2D eigenvalue weighted by atomic mass is 35.5. The second kappa shape index (κ2) is 7.41. The molecule has 7 heteroatoms. The van der Waals surface area contributed by atoms with Gasteiger partial charge in [-0.3, -0.25) is 9.78 Å². The summed E-state index contributed by atoms with van der Waals surface area (Å²) in [6, 6.07) is 1.90. The van der Waals surface area contributed by atoms with Crippen molar-refractivity contribution in [2.75, 3.05) is 16.8 Å². The molecule has 0 saturated carbocycles. The second-order valence-corrected chi connectivity index (χ2v) is 6.98. The summed E-state index contributed by atoms with van der Waals surface area (Å²) in [5.74, 6) is 0.612. The summed E-state index contributed by atoms with van der Waals surface area (Å²) in [5, 5.41) is 3.75. The number of carbonyl (C=O) groups excluding carboxylic acids is 1. The lowest BCUT2D eigenvalue weighted by atomic mass is 9.97. The maximum atomic E-state index is 11.9. The number of amides is 1. The van der Waals surface area contributed by atoms with E-state index in [1.807, 2.05) is 6.07 Å². The molecule has 0 radical (unpaired) electrons. The molecule has 0 aromatic carbocycles. The number of hydrogen-bond acceptors (Lipinski definition) is 5. The van der Waals surface area contributed by atoms with Crippen LogP contribution >= 0.6 is 11.6 Å². The number of pyridine rings is 1. The fourth-order valence-electron chi connectivity index (χ4n) is 3.40. The van der Waals surface area contributed by atoms with Crippen LogP contribution in [0.3, 0.4) is 0 Å². The van der Waals surface area contributed by atoms with Crippen molar-refractivity contribution < 1.29 is 4.79 Å². The molecule has 0 bridgehead atoms. The number of carbonyl (C=O) groups is 1. The Hall–Kier alpha value is -2.47. The van der Waals surface area contributed by atoms with E-state index in [1.54, 1.807) is 23.5 Å². The highest BCUT2D eigenvalue weighted by molar-refractivity contribution is 6.32. The van der Waals surface area contributed by atoms with Crippen LogP contribution < -0.4 is 10.2 Å². The minimum Gasteiger partial charge on any atom is -0.323 e. The number of allylic oxidation sites excluding steroid dienone is 2. The number of halogens is 1. The molecule has 3 heterocycles. The van der Waals surface area contributed by atoms with Crippen LogP contribution in [0.25, 0.3) is 5.57 Å². The molecule has 6 nitrogen and oxygen atoms in total. The van der Waals surface area contributed by atoms with Gasteiger partial charge < -0.3 is 10.2 Å². The van der Waals surface area contributed by atoms with Crippen LogP contribution in [0.2, 0.25) is 5.02 Å². The molecule has 1 amide bonds. The highest BCUT2D eigenvalue weighted by Crippen LogP contribution is 2.31. The van der Waals surface area contributed by atoms with Crippen molar-refractivity contribution in [3.05, 3.63) is 41.4 Å². The van der Waals surface area contributed by atoms with Gasteiger partial charge in [-0.25, -0.2) is 9.97 Å². The molecule has 1 saturated heterocycles.